The van der Waals surface area contributed by atoms with Crippen LogP contribution in [0.2, 0.25) is 5.02 Å². The van der Waals surface area contributed by atoms with E-state index in [0.717, 1.165) is 11.1 Å². The molecule has 1 aliphatic rings. The maximum Gasteiger partial charge on any atom is 0.339 e. The molecule has 100 valence electrons. The van der Waals surface area contributed by atoms with Gasteiger partial charge in [-0.25, -0.2) is 4.79 Å². The summed E-state index contributed by atoms with van der Waals surface area (Å²) in [5.74, 6) is 0.298. The van der Waals surface area contributed by atoms with Crippen LogP contribution in [0.5, 0.6) is 11.5 Å². The minimum atomic E-state index is -0.363. The number of halogens is 1. The first-order valence-electron chi connectivity index (χ1n) is 6.12. The number of phenols is 1. The van der Waals surface area contributed by atoms with Gasteiger partial charge in [0, 0.05) is 22.6 Å². The molecular weight excluding hydrogens is 276 g/mol. The van der Waals surface area contributed by atoms with Crippen LogP contribution in [-0.2, 0) is 11.2 Å². The van der Waals surface area contributed by atoms with Crippen LogP contribution in [0.4, 0.5) is 0 Å². The molecule has 0 aromatic heterocycles. The standard InChI is InChI=1S/C16H11ClO3/c17-13-3-1-10(2-4-13)7-12-8-11-9-14(18)5-6-15(11)20-16(12)19/h1-7,9,18H,8H2/b12-7+. The number of hydrogen-bond donors (Lipinski definition) is 1. The van der Waals surface area contributed by atoms with Crippen molar-refractivity contribution in [1.29, 1.82) is 0 Å². The molecule has 1 N–H and O–H groups in total. The Hall–Kier alpha value is -2.26. The van der Waals surface area contributed by atoms with E-state index in [9.17, 15) is 9.90 Å². The molecular formula is C16H11ClO3. The molecule has 3 nitrogen and oxygen atoms in total. The molecule has 0 fully saturated rings. The maximum atomic E-state index is 11.9. The van der Waals surface area contributed by atoms with E-state index < -0.39 is 0 Å². The molecule has 0 bridgehead atoms. The van der Waals surface area contributed by atoms with Crippen molar-refractivity contribution in [3.8, 4) is 11.5 Å². The zero-order valence-corrected chi connectivity index (χ0v) is 11.2. The van der Waals surface area contributed by atoms with Crippen LogP contribution in [0.15, 0.2) is 48.0 Å². The highest BCUT2D eigenvalue weighted by Crippen LogP contribution is 2.31. The molecule has 0 amide bonds. The summed E-state index contributed by atoms with van der Waals surface area (Å²) < 4.78 is 5.25. The molecule has 2 aromatic rings. The fourth-order valence-electron chi connectivity index (χ4n) is 2.12. The zero-order valence-electron chi connectivity index (χ0n) is 10.5. The summed E-state index contributed by atoms with van der Waals surface area (Å²) in [5, 5.41) is 10.1. The van der Waals surface area contributed by atoms with Gasteiger partial charge < -0.3 is 9.84 Å². The Labute approximate surface area is 121 Å². The van der Waals surface area contributed by atoms with Crippen LogP contribution in [-0.4, -0.2) is 11.1 Å². The van der Waals surface area contributed by atoms with E-state index in [2.05, 4.69) is 0 Å². The summed E-state index contributed by atoms with van der Waals surface area (Å²) in [7, 11) is 0. The molecule has 2 aromatic carbocycles. The molecule has 0 atom stereocenters. The zero-order chi connectivity index (χ0) is 14.1. The fourth-order valence-corrected chi connectivity index (χ4v) is 2.24. The number of hydrogen-bond acceptors (Lipinski definition) is 3. The number of fused-ring (bicyclic) bond motifs is 1. The van der Waals surface area contributed by atoms with E-state index in [1.54, 1.807) is 30.3 Å². The van der Waals surface area contributed by atoms with Gasteiger partial charge in [0.15, 0.2) is 0 Å². The fraction of sp³-hybridized carbons (Fsp3) is 0.0625. The van der Waals surface area contributed by atoms with Crippen LogP contribution in [0.1, 0.15) is 11.1 Å². The third kappa shape index (κ3) is 2.53. The Balaban J connectivity index is 1.95. The van der Waals surface area contributed by atoms with Crippen molar-refractivity contribution in [3.63, 3.8) is 0 Å². The molecule has 0 aliphatic carbocycles. The predicted octanol–water partition coefficient (Wildman–Crippen LogP) is 3.59. The van der Waals surface area contributed by atoms with Crippen LogP contribution in [0.25, 0.3) is 6.08 Å². The highest BCUT2D eigenvalue weighted by molar-refractivity contribution is 6.30. The minimum Gasteiger partial charge on any atom is -0.508 e. The van der Waals surface area contributed by atoms with Crippen molar-refractivity contribution in [2.45, 2.75) is 6.42 Å². The first-order chi connectivity index (χ1) is 9.61. The van der Waals surface area contributed by atoms with Crippen LogP contribution >= 0.6 is 11.6 Å². The third-order valence-corrected chi connectivity index (χ3v) is 3.35. The SMILES string of the molecule is O=C1Oc2ccc(O)cc2C/C1=C\c1ccc(Cl)cc1. The van der Waals surface area contributed by atoms with Crippen LogP contribution in [0, 0.1) is 0 Å². The Kier molecular flexibility index (Phi) is 3.20. The summed E-state index contributed by atoms with van der Waals surface area (Å²) >= 11 is 5.83. The Bertz CT molecular complexity index is 702. The summed E-state index contributed by atoms with van der Waals surface area (Å²) in [6, 6.07) is 11.9. The third-order valence-electron chi connectivity index (χ3n) is 3.10. The minimum absolute atomic E-state index is 0.160. The lowest BCUT2D eigenvalue weighted by Crippen LogP contribution is -2.19. The van der Waals surface area contributed by atoms with Gasteiger partial charge in [-0.2, -0.15) is 0 Å². The monoisotopic (exact) mass is 286 g/mol. The molecule has 20 heavy (non-hydrogen) atoms. The van der Waals surface area contributed by atoms with Gasteiger partial charge in [-0.05, 0) is 42.0 Å². The number of phenolic OH excluding ortho intramolecular Hbond substituents is 1. The number of benzene rings is 2. The molecule has 1 heterocycles. The number of carbonyl (C=O) groups excluding carboxylic acids is 1. The normalized spacial score (nSPS) is 15.8. The summed E-state index contributed by atoms with van der Waals surface area (Å²) in [5.41, 5.74) is 2.22. The van der Waals surface area contributed by atoms with Gasteiger partial charge in [-0.1, -0.05) is 23.7 Å². The molecule has 0 saturated carbocycles. The van der Waals surface area contributed by atoms with Gasteiger partial charge in [0.2, 0.25) is 0 Å². The molecule has 3 rings (SSSR count). The molecule has 0 spiro atoms. The highest BCUT2D eigenvalue weighted by atomic mass is 35.5. The van der Waals surface area contributed by atoms with Gasteiger partial charge in [-0.3, -0.25) is 0 Å². The Morgan fingerprint density at radius 3 is 2.65 bits per heavy atom. The van der Waals surface area contributed by atoms with Crippen molar-refractivity contribution in [2.75, 3.05) is 0 Å². The van der Waals surface area contributed by atoms with Crippen LogP contribution < -0.4 is 4.74 Å². The smallest absolute Gasteiger partial charge is 0.339 e. The second kappa shape index (κ2) is 5.02. The largest absolute Gasteiger partial charge is 0.508 e. The lowest BCUT2D eigenvalue weighted by atomic mass is 9.99. The number of rotatable bonds is 1. The van der Waals surface area contributed by atoms with Gasteiger partial charge in [0.1, 0.15) is 11.5 Å². The molecule has 0 radical (unpaired) electrons. The number of esters is 1. The van der Waals surface area contributed by atoms with E-state index in [4.69, 9.17) is 16.3 Å². The maximum absolute atomic E-state index is 11.9. The van der Waals surface area contributed by atoms with E-state index >= 15 is 0 Å². The topological polar surface area (TPSA) is 46.5 Å². The van der Waals surface area contributed by atoms with Crippen molar-refractivity contribution in [1.82, 2.24) is 0 Å². The van der Waals surface area contributed by atoms with Crippen molar-refractivity contribution in [3.05, 3.63) is 64.2 Å². The predicted molar refractivity (Wildman–Crippen MR) is 76.9 cm³/mol. The Morgan fingerprint density at radius 2 is 1.90 bits per heavy atom. The van der Waals surface area contributed by atoms with Gasteiger partial charge in [0.25, 0.3) is 0 Å². The van der Waals surface area contributed by atoms with Crippen LogP contribution in [0.3, 0.4) is 0 Å². The first-order valence-corrected chi connectivity index (χ1v) is 6.50. The lowest BCUT2D eigenvalue weighted by molar-refractivity contribution is -0.130. The van der Waals surface area contributed by atoms with Gasteiger partial charge >= 0.3 is 5.97 Å². The van der Waals surface area contributed by atoms with Crippen molar-refractivity contribution < 1.29 is 14.6 Å². The second-order valence-electron chi connectivity index (χ2n) is 4.58. The first kappa shape index (κ1) is 12.8. The number of carbonyl (C=O) groups is 1. The Morgan fingerprint density at radius 1 is 1.15 bits per heavy atom. The second-order valence-corrected chi connectivity index (χ2v) is 5.02. The van der Waals surface area contributed by atoms with Gasteiger partial charge in [0.05, 0.1) is 0 Å². The van der Waals surface area contributed by atoms with Crippen molar-refractivity contribution in [2.24, 2.45) is 0 Å². The summed E-state index contributed by atoms with van der Waals surface area (Å²) in [6.45, 7) is 0. The van der Waals surface area contributed by atoms with E-state index in [0.29, 0.717) is 22.8 Å². The summed E-state index contributed by atoms with van der Waals surface area (Å²) in [4.78, 5) is 11.9. The quantitative estimate of drug-likeness (QED) is 0.495. The number of ether oxygens (including phenoxy) is 1. The van der Waals surface area contributed by atoms with Crippen molar-refractivity contribution >= 4 is 23.6 Å². The number of aromatic hydroxyl groups is 1. The molecule has 0 unspecified atom stereocenters. The molecule has 4 heteroatoms. The molecule has 1 aliphatic heterocycles. The van der Waals surface area contributed by atoms with E-state index in [-0.39, 0.29) is 11.7 Å². The summed E-state index contributed by atoms with van der Waals surface area (Å²) in [6.07, 6.45) is 2.21. The van der Waals surface area contributed by atoms with Gasteiger partial charge in [-0.15, -0.1) is 0 Å². The highest BCUT2D eigenvalue weighted by Gasteiger charge is 2.22. The van der Waals surface area contributed by atoms with E-state index in [1.165, 1.54) is 6.07 Å². The molecule has 0 saturated heterocycles. The lowest BCUT2D eigenvalue weighted by Gasteiger charge is -2.18. The average molecular weight is 287 g/mol. The average Bonchev–Trinajstić information content (AvgIpc) is 2.42. The van der Waals surface area contributed by atoms with E-state index in [1.807, 2.05) is 12.1 Å².